The Bertz CT molecular complexity index is 2110. The Morgan fingerprint density at radius 3 is 1.70 bits per heavy atom. The fraction of sp³-hybridized carbons (Fsp3) is 0.167. The van der Waals surface area contributed by atoms with Gasteiger partial charge in [0.25, 0.3) is 0 Å². The highest BCUT2D eigenvalue weighted by Crippen LogP contribution is 2.40. The van der Waals surface area contributed by atoms with Crippen molar-refractivity contribution in [3.05, 3.63) is 115 Å². The van der Waals surface area contributed by atoms with Crippen molar-refractivity contribution in [3.63, 3.8) is 0 Å². The van der Waals surface area contributed by atoms with E-state index in [0.717, 1.165) is 33.6 Å². The lowest BCUT2D eigenvalue weighted by molar-refractivity contribution is 0.00578. The number of hydrogen-bond donors (Lipinski definition) is 0. The van der Waals surface area contributed by atoms with Gasteiger partial charge in [-0.2, -0.15) is 0 Å². The summed E-state index contributed by atoms with van der Waals surface area (Å²) in [5, 5.41) is 0.590. The zero-order valence-electron chi connectivity index (χ0n) is 28.8. The Morgan fingerprint density at radius 1 is 0.575 bits per heavy atom. The largest absolute Gasteiger partial charge is 0.494 e. The summed E-state index contributed by atoms with van der Waals surface area (Å²) in [4.78, 5) is 0. The summed E-state index contributed by atoms with van der Waals surface area (Å²) in [5.74, 6) is 0. The van der Waals surface area contributed by atoms with Crippen LogP contribution in [0, 0.1) is 0 Å². The number of rotatable bonds is 4. The molecule has 0 aliphatic carbocycles. The molecular formula is C36H31BO2S. The average molecular weight is 545 g/mol. The highest BCUT2D eigenvalue weighted by molar-refractivity contribution is 7.25. The molecule has 0 atom stereocenters. The zero-order valence-corrected chi connectivity index (χ0v) is 23.6. The van der Waals surface area contributed by atoms with Gasteiger partial charge in [-0.25, -0.2) is 0 Å². The molecule has 0 bridgehead atoms. The summed E-state index contributed by atoms with van der Waals surface area (Å²) in [5.41, 5.74) is 3.44. The molecule has 0 amide bonds. The topological polar surface area (TPSA) is 18.5 Å². The van der Waals surface area contributed by atoms with Crippen LogP contribution in [-0.2, 0) is 9.31 Å². The number of thiophene rings is 1. The second-order valence-electron chi connectivity index (χ2n) is 11.2. The predicted octanol–water partition coefficient (Wildman–Crippen LogP) is 9.35. The van der Waals surface area contributed by atoms with Crippen LogP contribution in [-0.4, -0.2) is 18.3 Å². The summed E-state index contributed by atoms with van der Waals surface area (Å²) in [6.45, 7) is 7.58. The van der Waals surface area contributed by atoms with Crippen molar-refractivity contribution >= 4 is 44.1 Å². The van der Waals surface area contributed by atoms with E-state index in [1.165, 1.54) is 0 Å². The number of fused-ring (bicyclic) bond motifs is 3. The summed E-state index contributed by atoms with van der Waals surface area (Å²) in [6, 6.07) is 25.2. The molecule has 0 N–H and O–H groups in total. The second-order valence-corrected chi connectivity index (χ2v) is 12.2. The Hall–Kier alpha value is -3.70. The normalized spacial score (nSPS) is 18.2. The van der Waals surface area contributed by atoms with Crippen molar-refractivity contribution in [1.29, 1.82) is 0 Å². The molecule has 40 heavy (non-hydrogen) atoms. The molecule has 1 fully saturated rings. The van der Waals surface area contributed by atoms with E-state index in [9.17, 15) is 1.37 Å². The maximum Gasteiger partial charge on any atom is 0.494 e. The van der Waals surface area contributed by atoms with E-state index in [1.807, 2.05) is 100 Å². The third-order valence-electron chi connectivity index (χ3n) is 7.95. The van der Waals surface area contributed by atoms with Gasteiger partial charge in [-0.1, -0.05) is 78.8 Å². The van der Waals surface area contributed by atoms with Crippen LogP contribution >= 0.6 is 11.3 Å². The lowest BCUT2D eigenvalue weighted by atomic mass is 9.79. The molecule has 2 nitrogen and oxygen atoms in total. The SMILES string of the molecule is [2H]c1c(-c2cc(-c3ccccc3)cc(-c3ccccc3)c2)c([2H])c2c(sc3c([2H])c(B4OC(C)(C)C(C)(C)O4)c([2H])c([2H])c32)c1[2H]. The van der Waals surface area contributed by atoms with E-state index in [4.69, 9.17) is 16.2 Å². The lowest BCUT2D eigenvalue weighted by Gasteiger charge is -2.32. The highest BCUT2D eigenvalue weighted by atomic mass is 32.1. The minimum absolute atomic E-state index is 0.00200. The molecule has 0 spiro atoms. The molecular weight excluding hydrogens is 507 g/mol. The van der Waals surface area contributed by atoms with E-state index >= 15 is 0 Å². The molecule has 7 rings (SSSR count). The maximum atomic E-state index is 9.47. The first-order valence-electron chi connectivity index (χ1n) is 16.4. The van der Waals surface area contributed by atoms with Gasteiger partial charge in [0.05, 0.1) is 19.4 Å². The van der Waals surface area contributed by atoms with Crippen molar-refractivity contribution in [2.24, 2.45) is 0 Å². The van der Waals surface area contributed by atoms with Gasteiger partial charge in [-0.15, -0.1) is 11.3 Å². The Morgan fingerprint density at radius 2 is 1.12 bits per heavy atom. The maximum absolute atomic E-state index is 9.47. The third kappa shape index (κ3) is 4.37. The summed E-state index contributed by atoms with van der Waals surface area (Å²) >= 11 is 1.11. The molecule has 2 heterocycles. The first-order chi connectivity index (χ1) is 21.8. The van der Waals surface area contributed by atoms with Gasteiger partial charge in [0.2, 0.25) is 0 Å². The third-order valence-corrected chi connectivity index (χ3v) is 8.98. The van der Waals surface area contributed by atoms with E-state index in [-0.39, 0.29) is 52.7 Å². The van der Waals surface area contributed by atoms with Gasteiger partial charge < -0.3 is 9.31 Å². The van der Waals surface area contributed by atoms with Gasteiger partial charge in [0.1, 0.15) is 0 Å². The van der Waals surface area contributed by atoms with Crippen LogP contribution in [0.25, 0.3) is 53.6 Å². The van der Waals surface area contributed by atoms with Crippen LogP contribution in [0.3, 0.4) is 0 Å². The Labute approximate surface area is 248 Å². The predicted molar refractivity (Wildman–Crippen MR) is 171 cm³/mol. The minimum Gasteiger partial charge on any atom is -0.399 e. The van der Waals surface area contributed by atoms with Crippen molar-refractivity contribution in [2.75, 3.05) is 0 Å². The summed E-state index contributed by atoms with van der Waals surface area (Å²) in [7, 11) is -1.01. The van der Waals surface area contributed by atoms with Crippen molar-refractivity contribution in [3.8, 4) is 33.4 Å². The first-order valence-corrected chi connectivity index (χ1v) is 14.2. The Balaban J connectivity index is 1.50. The second kappa shape index (κ2) is 9.45. The minimum atomic E-state index is -1.01. The molecule has 196 valence electrons. The van der Waals surface area contributed by atoms with Crippen LogP contribution < -0.4 is 5.46 Å². The molecule has 1 aromatic heterocycles. The van der Waals surface area contributed by atoms with Gasteiger partial charge in [-0.05, 0) is 103 Å². The Kier molecular flexibility index (Phi) is 4.58. The zero-order chi connectivity index (χ0) is 32.7. The van der Waals surface area contributed by atoms with Crippen LogP contribution in [0.5, 0.6) is 0 Å². The van der Waals surface area contributed by atoms with Gasteiger partial charge in [0.15, 0.2) is 0 Å². The van der Waals surface area contributed by atoms with Crippen molar-refractivity contribution in [2.45, 2.75) is 38.9 Å². The van der Waals surface area contributed by atoms with Crippen molar-refractivity contribution in [1.82, 2.24) is 0 Å². The fourth-order valence-electron chi connectivity index (χ4n) is 4.99. The highest BCUT2D eigenvalue weighted by Gasteiger charge is 2.51. The van der Waals surface area contributed by atoms with E-state index in [1.54, 1.807) is 0 Å². The standard InChI is InChI=1S/C36H31BO2S/c1-35(2)36(3,4)39-37(38-35)30-16-17-31-32-22-26(15-18-33(32)40-34(31)23-30)29-20-27(24-11-7-5-8-12-24)19-28(21-29)25-13-9-6-10-14-25/h5-23H,1-4H3/i15D,16D,17D,18D,22D,23D. The van der Waals surface area contributed by atoms with Gasteiger partial charge in [0, 0.05) is 20.2 Å². The molecule has 0 saturated carbocycles. The molecule has 6 aromatic rings. The number of hydrogen-bond acceptors (Lipinski definition) is 3. The molecule has 1 aliphatic heterocycles. The van der Waals surface area contributed by atoms with Gasteiger partial charge in [-0.3, -0.25) is 0 Å². The molecule has 1 saturated heterocycles. The molecule has 1 aliphatic rings. The summed E-state index contributed by atoms with van der Waals surface area (Å²) < 4.78 is 68.0. The van der Waals surface area contributed by atoms with E-state index in [2.05, 4.69) is 6.07 Å². The first kappa shape index (κ1) is 19.4. The monoisotopic (exact) mass is 544 g/mol. The van der Waals surface area contributed by atoms with Crippen LogP contribution in [0.2, 0.25) is 0 Å². The molecule has 4 heteroatoms. The average Bonchev–Trinajstić information content (AvgIpc) is 3.54. The van der Waals surface area contributed by atoms with Crippen LogP contribution in [0.1, 0.15) is 35.9 Å². The van der Waals surface area contributed by atoms with Crippen LogP contribution in [0.15, 0.2) is 115 Å². The van der Waals surface area contributed by atoms with Crippen molar-refractivity contribution < 1.29 is 17.5 Å². The fourth-order valence-corrected chi connectivity index (χ4v) is 5.97. The van der Waals surface area contributed by atoms with Crippen LogP contribution in [0.4, 0.5) is 0 Å². The smallest absolute Gasteiger partial charge is 0.399 e. The summed E-state index contributed by atoms with van der Waals surface area (Å²) in [6.07, 6.45) is 0. The lowest BCUT2D eigenvalue weighted by Crippen LogP contribution is -2.41. The molecule has 5 aromatic carbocycles. The number of benzene rings is 5. The molecule has 0 radical (unpaired) electrons. The molecule has 0 unspecified atom stereocenters. The van der Waals surface area contributed by atoms with Gasteiger partial charge >= 0.3 is 7.12 Å². The van der Waals surface area contributed by atoms with E-state index < -0.39 is 18.3 Å². The quantitative estimate of drug-likeness (QED) is 0.206. The van der Waals surface area contributed by atoms with E-state index in [0.29, 0.717) is 20.3 Å².